The summed E-state index contributed by atoms with van der Waals surface area (Å²) in [6.07, 6.45) is 0. The first-order valence-electron chi connectivity index (χ1n) is 38.2. The fourth-order valence-corrected chi connectivity index (χ4v) is 19.1. The predicted molar refractivity (Wildman–Crippen MR) is 437 cm³/mol. The molecular formula is C96H82N4O8. The number of benzene rings is 14. The van der Waals surface area contributed by atoms with E-state index in [0.29, 0.717) is 153 Å². The smallest absolute Gasteiger partial charge is 0.266 e. The van der Waals surface area contributed by atoms with Crippen LogP contribution in [0.3, 0.4) is 0 Å². The zero-order valence-corrected chi connectivity index (χ0v) is 63.7. The van der Waals surface area contributed by atoms with E-state index in [1.807, 2.05) is 158 Å². The van der Waals surface area contributed by atoms with Gasteiger partial charge in [-0.1, -0.05) is 220 Å². The molecule has 4 aliphatic rings. The highest BCUT2D eigenvalue weighted by molar-refractivity contribution is 6.51. The topological polar surface area (TPSA) is 150 Å². The van der Waals surface area contributed by atoms with Crippen LogP contribution in [0.15, 0.2) is 158 Å². The van der Waals surface area contributed by atoms with E-state index in [0.717, 1.165) is 44.5 Å². The number of imide groups is 4. The largest absolute Gasteiger partial charge is 0.268 e. The predicted octanol–water partition coefficient (Wildman–Crippen LogP) is 23.6. The molecule has 18 rings (SSSR count). The Morgan fingerprint density at radius 3 is 0.556 bits per heavy atom. The number of nitrogens with zero attached hydrogens (tertiary/aromatic N) is 4. The molecule has 4 aliphatic heterocycles. The van der Waals surface area contributed by atoms with Crippen molar-refractivity contribution in [2.75, 3.05) is 19.6 Å². The summed E-state index contributed by atoms with van der Waals surface area (Å²) in [4.78, 5) is 135. The number of rotatable bonds is 13. The normalized spacial score (nSPS) is 14.9. The monoisotopic (exact) mass is 1420 g/mol. The van der Waals surface area contributed by atoms with Gasteiger partial charge in [0.2, 0.25) is 0 Å². The highest BCUT2D eigenvalue weighted by atomic mass is 16.2. The first kappa shape index (κ1) is 68.1. The quantitative estimate of drug-likeness (QED) is 0.0629. The van der Waals surface area contributed by atoms with Gasteiger partial charge in [-0.2, -0.15) is 0 Å². The Bertz CT molecular complexity index is 6000. The summed E-state index contributed by atoms with van der Waals surface area (Å²) in [7, 11) is 0. The Balaban J connectivity index is 1.02. The third-order valence-electron chi connectivity index (χ3n) is 24.0. The average Bonchev–Trinajstić information content (AvgIpc) is 0.673. The van der Waals surface area contributed by atoms with E-state index in [1.165, 1.54) is 19.6 Å². The summed E-state index contributed by atoms with van der Waals surface area (Å²) in [5, 5.41) is 9.26. The summed E-state index contributed by atoms with van der Waals surface area (Å²) in [5.41, 5.74) is 12.3. The Morgan fingerprint density at radius 2 is 0.352 bits per heavy atom. The van der Waals surface area contributed by atoms with Gasteiger partial charge in [0.15, 0.2) is 0 Å². The molecule has 534 valence electrons. The van der Waals surface area contributed by atoms with E-state index in [1.54, 1.807) is 0 Å². The van der Waals surface area contributed by atoms with Crippen LogP contribution < -0.4 is 19.6 Å². The van der Waals surface area contributed by atoms with E-state index >= 15 is 38.4 Å². The first-order valence-corrected chi connectivity index (χ1v) is 38.2. The first-order chi connectivity index (χ1) is 51.7. The van der Waals surface area contributed by atoms with Crippen molar-refractivity contribution >= 4 is 156 Å². The summed E-state index contributed by atoms with van der Waals surface area (Å²) < 4.78 is 0. The number of anilines is 4. The van der Waals surface area contributed by atoms with Gasteiger partial charge in [-0.05, 0) is 216 Å². The van der Waals surface area contributed by atoms with Gasteiger partial charge in [0.1, 0.15) is 0 Å². The van der Waals surface area contributed by atoms with E-state index in [2.05, 4.69) is 111 Å². The summed E-state index contributed by atoms with van der Waals surface area (Å²) >= 11 is 0. The maximum absolute atomic E-state index is 16.9. The summed E-state index contributed by atoms with van der Waals surface area (Å²) in [6.45, 7) is 33.0. The van der Waals surface area contributed by atoms with Crippen LogP contribution in [-0.2, 0) is 0 Å². The van der Waals surface area contributed by atoms with Gasteiger partial charge in [0.05, 0.1) is 22.7 Å². The Kier molecular flexibility index (Phi) is 15.0. The molecule has 0 radical (unpaired) electrons. The zero-order chi connectivity index (χ0) is 75.9. The number of carbonyl (C=O) groups is 8. The van der Waals surface area contributed by atoms with E-state index < -0.39 is 47.3 Å². The third kappa shape index (κ3) is 8.97. The fourth-order valence-electron chi connectivity index (χ4n) is 19.1. The van der Waals surface area contributed by atoms with Crippen LogP contribution in [0.5, 0.6) is 0 Å². The summed E-state index contributed by atoms with van der Waals surface area (Å²) in [6, 6.07) is 50.0. The van der Waals surface area contributed by atoms with Crippen molar-refractivity contribution in [2.45, 2.75) is 158 Å². The lowest BCUT2D eigenvalue weighted by molar-refractivity contribution is 0.0877. The second kappa shape index (κ2) is 23.9. The van der Waals surface area contributed by atoms with Gasteiger partial charge >= 0.3 is 0 Å². The van der Waals surface area contributed by atoms with Gasteiger partial charge in [-0.3, -0.25) is 38.4 Å². The number of para-hydroxylation sites is 4. The minimum Gasteiger partial charge on any atom is -0.268 e. The number of hydrogen-bond donors (Lipinski definition) is 0. The molecule has 108 heavy (non-hydrogen) atoms. The van der Waals surface area contributed by atoms with Crippen LogP contribution in [-0.4, -0.2) is 47.3 Å². The third-order valence-corrected chi connectivity index (χ3v) is 24.0. The molecular weight excluding hydrogens is 1340 g/mol. The molecule has 4 heterocycles. The maximum Gasteiger partial charge on any atom is 0.266 e. The Morgan fingerprint density at radius 1 is 0.176 bits per heavy atom. The fraction of sp³-hybridized carbons (Fsp3) is 0.250. The highest BCUT2D eigenvalue weighted by Crippen LogP contribution is 2.57. The maximum atomic E-state index is 16.9. The molecule has 0 saturated heterocycles. The molecule has 0 atom stereocenters. The lowest BCUT2D eigenvalue weighted by atomic mass is 9.76. The minimum atomic E-state index is -0.551. The molecule has 14 aromatic rings. The molecule has 12 nitrogen and oxygen atoms in total. The van der Waals surface area contributed by atoms with Crippen LogP contribution in [0.1, 0.15) is 285 Å². The highest BCUT2D eigenvalue weighted by Gasteiger charge is 2.46. The van der Waals surface area contributed by atoms with Crippen molar-refractivity contribution < 1.29 is 38.4 Å². The second-order valence-electron chi connectivity index (χ2n) is 32.8. The van der Waals surface area contributed by atoms with Gasteiger partial charge in [0.25, 0.3) is 47.3 Å². The van der Waals surface area contributed by atoms with Crippen LogP contribution >= 0.6 is 0 Å². The SMILES string of the molecule is CC(C)c1cccc(C(C)C)c1N1C(=O)c2ccc3c4ccc5c6c(cc(-c7cc8c9c(ccc%10c%11ccc%12c%13c(ccc(c7c9%10)c%13%11)C(=O)N(c7c(C(C)C)cccc7C(C)C)C%12=O)C(=O)N(c7c(C(C)C)cccc7C(C)C)C8=O)c(c7ccc(c2c37)C1=O)c64)C(=O)N(c1c(C(C)C)cccc1C(C)C)C5=O. The van der Waals surface area contributed by atoms with E-state index in [4.69, 9.17) is 0 Å². The van der Waals surface area contributed by atoms with Gasteiger partial charge < -0.3 is 0 Å². The zero-order valence-electron chi connectivity index (χ0n) is 63.7. The van der Waals surface area contributed by atoms with Crippen LogP contribution in [0, 0.1) is 0 Å². The molecule has 14 aromatic carbocycles. The molecule has 0 saturated carbocycles. The van der Waals surface area contributed by atoms with Gasteiger partial charge in [-0.15, -0.1) is 0 Å². The molecule has 0 fully saturated rings. The number of hydrogen-bond acceptors (Lipinski definition) is 8. The van der Waals surface area contributed by atoms with Crippen molar-refractivity contribution in [3.63, 3.8) is 0 Å². The Labute approximate surface area is 626 Å². The van der Waals surface area contributed by atoms with Crippen LogP contribution in [0.25, 0.3) is 97.3 Å². The standard InChI is InChI=1S/C96H82N4O8/c1-43(2)51-21-17-22-52(44(3)4)85(51)97-89(101)65-35-29-59-61-31-37-69-81-73(95(107)99(93(69)105)87-55(47(9)10)25-19-26-56(87)48(11)12)41-71(77(83(61)81)63-33-39-67(91(97)103)79(65)75(59)63)72-42-74-82-70(94(106)100(96(74)108)88-57(49(13)14)27-20-28-58(88)50(15)16)38-32-62-60-30-36-66-80-68(40-34-64(76(60)80)78(72)84(62)82)92(104)98(90(66)102)86-53(45(5)6)23-18-24-54(86)46(7)8/h17-50H,1-16H3. The van der Waals surface area contributed by atoms with Crippen LogP contribution in [0.4, 0.5) is 22.7 Å². The molecule has 0 aromatic heterocycles. The van der Waals surface area contributed by atoms with Crippen molar-refractivity contribution in [3.8, 4) is 11.1 Å². The van der Waals surface area contributed by atoms with Crippen molar-refractivity contribution in [1.82, 2.24) is 0 Å². The number of carbonyl (C=O) groups excluding carboxylic acids is 8. The van der Waals surface area contributed by atoms with Crippen molar-refractivity contribution in [2.24, 2.45) is 0 Å². The summed E-state index contributed by atoms with van der Waals surface area (Å²) in [5.74, 6) is -4.57. The lowest BCUT2D eigenvalue weighted by Crippen LogP contribution is -2.42. The number of fused-ring (bicyclic) bond motifs is 4. The molecule has 8 amide bonds. The molecule has 12 heteroatoms. The van der Waals surface area contributed by atoms with Gasteiger partial charge in [0, 0.05) is 66.1 Å². The average molecular weight is 1420 g/mol. The van der Waals surface area contributed by atoms with Crippen molar-refractivity contribution in [3.05, 3.63) is 247 Å². The lowest BCUT2D eigenvalue weighted by Gasteiger charge is -2.35. The van der Waals surface area contributed by atoms with Gasteiger partial charge in [-0.25, -0.2) is 19.6 Å². The van der Waals surface area contributed by atoms with Crippen molar-refractivity contribution in [1.29, 1.82) is 0 Å². The second-order valence-corrected chi connectivity index (χ2v) is 32.8. The van der Waals surface area contributed by atoms with E-state index in [-0.39, 0.29) is 58.5 Å². The number of amides is 8. The van der Waals surface area contributed by atoms with E-state index in [9.17, 15) is 0 Å². The molecule has 0 unspecified atom stereocenters. The van der Waals surface area contributed by atoms with Crippen LogP contribution in [0.2, 0.25) is 0 Å². The molecule has 0 N–H and O–H groups in total. The molecule has 0 spiro atoms. The molecule has 0 bridgehead atoms. The Hall–Kier alpha value is -11.8. The molecule has 0 aliphatic carbocycles. The minimum absolute atomic E-state index is 0.0431.